The number of amides is 1. The molecule has 0 spiro atoms. The second-order valence-electron chi connectivity index (χ2n) is 6.64. The topological polar surface area (TPSA) is 75.9 Å². The maximum atomic E-state index is 12.5. The van der Waals surface area contributed by atoms with Crippen molar-refractivity contribution in [1.82, 2.24) is 19.7 Å². The van der Waals surface area contributed by atoms with E-state index < -0.39 is 0 Å². The lowest BCUT2D eigenvalue weighted by molar-refractivity contribution is -0.120. The minimum Gasteiger partial charge on any atom is -0.356 e. The minimum atomic E-state index is 0.0329. The first-order chi connectivity index (χ1) is 12.0. The Balaban J connectivity index is 1.61. The van der Waals surface area contributed by atoms with Crippen molar-refractivity contribution in [3.8, 4) is 0 Å². The first-order valence-corrected chi connectivity index (χ1v) is 8.88. The fourth-order valence-corrected chi connectivity index (χ4v) is 3.26. The van der Waals surface area contributed by atoms with E-state index in [1.165, 1.54) is 0 Å². The van der Waals surface area contributed by atoms with Gasteiger partial charge in [0.15, 0.2) is 0 Å². The number of rotatable bonds is 4. The van der Waals surface area contributed by atoms with Gasteiger partial charge in [0.1, 0.15) is 11.6 Å². The molecule has 0 saturated carbocycles. The quantitative estimate of drug-likeness (QED) is 0.924. The summed E-state index contributed by atoms with van der Waals surface area (Å²) in [6.45, 7) is 10.5. The SMILES string of the molecule is CCn1cc(NC(=O)C2CCN(c3nc(C)nc(C)c3C)CC2)cn1. The molecule has 0 atom stereocenters. The molecule has 1 saturated heterocycles. The highest BCUT2D eigenvalue weighted by molar-refractivity contribution is 5.92. The van der Waals surface area contributed by atoms with Gasteiger partial charge in [-0.3, -0.25) is 9.48 Å². The number of aryl methyl sites for hydroxylation is 3. The molecular formula is C18H26N6O. The van der Waals surface area contributed by atoms with Crippen molar-refractivity contribution >= 4 is 17.4 Å². The Bertz CT molecular complexity index is 761. The first kappa shape index (κ1) is 17.4. The van der Waals surface area contributed by atoms with Gasteiger partial charge in [-0.2, -0.15) is 5.10 Å². The molecule has 0 aliphatic carbocycles. The fourth-order valence-electron chi connectivity index (χ4n) is 3.26. The van der Waals surface area contributed by atoms with Crippen molar-refractivity contribution in [3.63, 3.8) is 0 Å². The number of carbonyl (C=O) groups excluding carboxylic acids is 1. The van der Waals surface area contributed by atoms with Gasteiger partial charge in [0.25, 0.3) is 0 Å². The molecule has 2 aromatic rings. The summed E-state index contributed by atoms with van der Waals surface area (Å²) >= 11 is 0. The van der Waals surface area contributed by atoms with Gasteiger partial charge in [0, 0.05) is 43.0 Å². The van der Waals surface area contributed by atoms with Crippen molar-refractivity contribution < 1.29 is 4.79 Å². The third kappa shape index (κ3) is 3.81. The highest BCUT2D eigenvalue weighted by Crippen LogP contribution is 2.26. The monoisotopic (exact) mass is 342 g/mol. The van der Waals surface area contributed by atoms with E-state index in [1.54, 1.807) is 10.9 Å². The second kappa shape index (κ2) is 7.21. The van der Waals surface area contributed by atoms with Crippen molar-refractivity contribution in [2.75, 3.05) is 23.3 Å². The van der Waals surface area contributed by atoms with Gasteiger partial charge < -0.3 is 10.2 Å². The van der Waals surface area contributed by atoms with E-state index in [0.717, 1.165) is 61.1 Å². The molecule has 1 fully saturated rings. The minimum absolute atomic E-state index is 0.0329. The smallest absolute Gasteiger partial charge is 0.227 e. The Kier molecular flexibility index (Phi) is 5.01. The van der Waals surface area contributed by atoms with Crippen LogP contribution in [0.5, 0.6) is 0 Å². The number of nitrogens with zero attached hydrogens (tertiary/aromatic N) is 5. The summed E-state index contributed by atoms with van der Waals surface area (Å²) in [6, 6.07) is 0. The predicted molar refractivity (Wildman–Crippen MR) is 97.7 cm³/mol. The maximum Gasteiger partial charge on any atom is 0.227 e. The standard InChI is InChI=1S/C18H26N6O/c1-5-24-11-16(10-19-24)22-18(25)15-6-8-23(9-7-15)17-12(2)13(3)20-14(4)21-17/h10-11,15H,5-9H2,1-4H3,(H,22,25). The van der Waals surface area contributed by atoms with Crippen LogP contribution in [0.25, 0.3) is 0 Å². The van der Waals surface area contributed by atoms with Crippen molar-refractivity contribution in [3.05, 3.63) is 29.5 Å². The van der Waals surface area contributed by atoms with E-state index in [0.29, 0.717) is 0 Å². The molecule has 0 bridgehead atoms. The number of carbonyl (C=O) groups is 1. The highest BCUT2D eigenvalue weighted by atomic mass is 16.1. The zero-order valence-corrected chi connectivity index (χ0v) is 15.4. The van der Waals surface area contributed by atoms with Gasteiger partial charge in [-0.1, -0.05) is 0 Å². The van der Waals surface area contributed by atoms with Gasteiger partial charge >= 0.3 is 0 Å². The molecule has 2 aromatic heterocycles. The molecule has 1 amide bonds. The largest absolute Gasteiger partial charge is 0.356 e. The normalized spacial score (nSPS) is 15.4. The summed E-state index contributed by atoms with van der Waals surface area (Å²) in [7, 11) is 0. The summed E-state index contributed by atoms with van der Waals surface area (Å²) in [6.07, 6.45) is 5.22. The van der Waals surface area contributed by atoms with Crippen LogP contribution in [-0.4, -0.2) is 38.7 Å². The van der Waals surface area contributed by atoms with Gasteiger partial charge in [-0.15, -0.1) is 0 Å². The molecule has 3 heterocycles. The van der Waals surface area contributed by atoms with Gasteiger partial charge in [0.05, 0.1) is 11.9 Å². The number of aromatic nitrogens is 4. The van der Waals surface area contributed by atoms with Crippen molar-refractivity contribution in [2.45, 2.75) is 47.1 Å². The van der Waals surface area contributed by atoms with Crippen molar-refractivity contribution in [1.29, 1.82) is 0 Å². The Morgan fingerprint density at radius 1 is 1.24 bits per heavy atom. The van der Waals surface area contributed by atoms with E-state index >= 15 is 0 Å². The Hall–Kier alpha value is -2.44. The van der Waals surface area contributed by atoms with E-state index in [-0.39, 0.29) is 11.8 Å². The number of hydrogen-bond donors (Lipinski definition) is 1. The molecule has 7 heteroatoms. The molecule has 3 rings (SSSR count). The lowest BCUT2D eigenvalue weighted by Gasteiger charge is -2.33. The predicted octanol–water partition coefficient (Wildman–Crippen LogP) is 2.47. The summed E-state index contributed by atoms with van der Waals surface area (Å²) < 4.78 is 1.81. The zero-order chi connectivity index (χ0) is 18.0. The molecular weight excluding hydrogens is 316 g/mol. The van der Waals surface area contributed by atoms with Crippen molar-refractivity contribution in [2.24, 2.45) is 5.92 Å². The molecule has 7 nitrogen and oxygen atoms in total. The summed E-state index contributed by atoms with van der Waals surface area (Å²) in [5.74, 6) is 1.92. The van der Waals surface area contributed by atoms with E-state index in [9.17, 15) is 4.79 Å². The van der Waals surface area contributed by atoms with E-state index in [4.69, 9.17) is 0 Å². The van der Waals surface area contributed by atoms with Crippen LogP contribution >= 0.6 is 0 Å². The molecule has 0 radical (unpaired) electrons. The Morgan fingerprint density at radius 3 is 2.60 bits per heavy atom. The lowest BCUT2D eigenvalue weighted by Crippen LogP contribution is -2.39. The highest BCUT2D eigenvalue weighted by Gasteiger charge is 2.27. The van der Waals surface area contributed by atoms with Crippen LogP contribution in [0.2, 0.25) is 0 Å². The first-order valence-electron chi connectivity index (χ1n) is 8.88. The zero-order valence-electron chi connectivity index (χ0n) is 15.4. The molecule has 0 aromatic carbocycles. The molecule has 1 N–H and O–H groups in total. The van der Waals surface area contributed by atoms with Crippen LogP contribution in [0.15, 0.2) is 12.4 Å². The number of piperidine rings is 1. The summed E-state index contributed by atoms with van der Waals surface area (Å²) in [4.78, 5) is 23.8. The number of nitrogens with one attached hydrogen (secondary N) is 1. The number of hydrogen-bond acceptors (Lipinski definition) is 5. The van der Waals surface area contributed by atoms with Crippen LogP contribution in [-0.2, 0) is 11.3 Å². The van der Waals surface area contributed by atoms with Crippen LogP contribution in [0.4, 0.5) is 11.5 Å². The van der Waals surface area contributed by atoms with Gasteiger partial charge in [-0.05, 0) is 40.5 Å². The molecule has 0 unspecified atom stereocenters. The Morgan fingerprint density at radius 2 is 1.96 bits per heavy atom. The maximum absolute atomic E-state index is 12.5. The third-order valence-electron chi connectivity index (χ3n) is 4.87. The lowest BCUT2D eigenvalue weighted by atomic mass is 9.95. The van der Waals surface area contributed by atoms with Gasteiger partial charge in [-0.25, -0.2) is 9.97 Å². The Labute approximate surface area is 148 Å². The molecule has 1 aliphatic rings. The average Bonchev–Trinajstić information content (AvgIpc) is 3.06. The molecule has 25 heavy (non-hydrogen) atoms. The molecule has 1 aliphatic heterocycles. The van der Waals surface area contributed by atoms with E-state index in [1.807, 2.05) is 27.0 Å². The van der Waals surface area contributed by atoms with Gasteiger partial charge in [0.2, 0.25) is 5.91 Å². The van der Waals surface area contributed by atoms with Crippen LogP contribution in [0.3, 0.4) is 0 Å². The fraction of sp³-hybridized carbons (Fsp3) is 0.556. The summed E-state index contributed by atoms with van der Waals surface area (Å²) in [5, 5.41) is 7.17. The summed E-state index contributed by atoms with van der Waals surface area (Å²) in [5.41, 5.74) is 2.92. The molecule has 134 valence electrons. The average molecular weight is 342 g/mol. The number of anilines is 2. The second-order valence-corrected chi connectivity index (χ2v) is 6.64. The van der Waals surface area contributed by atoms with Crippen LogP contribution in [0.1, 0.15) is 36.8 Å². The van der Waals surface area contributed by atoms with Crippen LogP contribution < -0.4 is 10.2 Å². The van der Waals surface area contributed by atoms with Crippen LogP contribution in [0, 0.1) is 26.7 Å². The third-order valence-corrected chi connectivity index (χ3v) is 4.87. The van der Waals surface area contributed by atoms with E-state index in [2.05, 4.69) is 32.2 Å².